The van der Waals surface area contributed by atoms with Crippen LogP contribution in [-0.2, 0) is 26.1 Å². The monoisotopic (exact) mass is 431 g/mol. The number of amides is 1. The summed E-state index contributed by atoms with van der Waals surface area (Å²) in [6, 6.07) is 6.73. The Morgan fingerprint density at radius 2 is 1.96 bits per heavy atom. The first kappa shape index (κ1) is 23.1. The van der Waals surface area contributed by atoms with Crippen LogP contribution in [0.15, 0.2) is 29.2 Å². The summed E-state index contributed by atoms with van der Waals surface area (Å²) < 4.78 is 32.7. The number of halogens is 1. The van der Waals surface area contributed by atoms with Gasteiger partial charge in [0.15, 0.2) is 0 Å². The number of ether oxygens (including phenoxy) is 1. The predicted molar refractivity (Wildman–Crippen MR) is 110 cm³/mol. The van der Waals surface area contributed by atoms with Gasteiger partial charge in [0.1, 0.15) is 6.10 Å². The van der Waals surface area contributed by atoms with E-state index in [0.717, 1.165) is 24.8 Å². The van der Waals surface area contributed by atoms with E-state index in [4.69, 9.17) is 10.5 Å². The molecule has 2 fully saturated rings. The predicted octanol–water partition coefficient (Wildman–Crippen LogP) is 1.65. The van der Waals surface area contributed by atoms with Gasteiger partial charge in [-0.2, -0.15) is 4.31 Å². The molecule has 28 heavy (non-hydrogen) atoms. The van der Waals surface area contributed by atoms with Crippen LogP contribution in [-0.4, -0.2) is 50.5 Å². The smallest absolute Gasteiger partial charge is 0.249 e. The van der Waals surface area contributed by atoms with E-state index in [9.17, 15) is 13.2 Å². The molecule has 3 rings (SSSR count). The van der Waals surface area contributed by atoms with Crippen LogP contribution in [0.25, 0.3) is 0 Å². The molecular formula is C19H30ClN3O4S. The van der Waals surface area contributed by atoms with Crippen molar-refractivity contribution in [1.29, 1.82) is 0 Å². The van der Waals surface area contributed by atoms with Crippen molar-refractivity contribution in [3.05, 3.63) is 29.8 Å². The van der Waals surface area contributed by atoms with Crippen molar-refractivity contribution in [3.63, 3.8) is 0 Å². The molecule has 0 aromatic heterocycles. The van der Waals surface area contributed by atoms with Gasteiger partial charge in [-0.3, -0.25) is 4.79 Å². The van der Waals surface area contributed by atoms with Crippen molar-refractivity contribution < 1.29 is 17.9 Å². The molecule has 1 amide bonds. The maximum Gasteiger partial charge on any atom is 0.249 e. The third-order valence-corrected chi connectivity index (χ3v) is 7.19. The minimum Gasteiger partial charge on any atom is -0.364 e. The lowest BCUT2D eigenvalue weighted by Crippen LogP contribution is -2.39. The third-order valence-electron chi connectivity index (χ3n) is 5.31. The summed E-state index contributed by atoms with van der Waals surface area (Å²) in [6.07, 6.45) is 2.97. The van der Waals surface area contributed by atoms with Crippen LogP contribution < -0.4 is 11.1 Å². The lowest BCUT2D eigenvalue weighted by Gasteiger charge is -2.30. The van der Waals surface area contributed by atoms with Gasteiger partial charge in [-0.25, -0.2) is 8.42 Å². The Labute approximate surface area is 173 Å². The summed E-state index contributed by atoms with van der Waals surface area (Å²) in [6.45, 7) is 4.00. The normalized spacial score (nSPS) is 25.9. The zero-order chi connectivity index (χ0) is 19.4. The highest BCUT2D eigenvalue weighted by Crippen LogP contribution is 2.24. The maximum atomic E-state index is 12.8. The van der Waals surface area contributed by atoms with Crippen molar-refractivity contribution in [2.24, 2.45) is 11.7 Å². The van der Waals surface area contributed by atoms with E-state index in [2.05, 4.69) is 12.2 Å². The molecule has 0 bridgehead atoms. The fraction of sp³-hybridized carbons (Fsp3) is 0.632. The number of rotatable bonds is 6. The number of piperidine rings is 1. The molecule has 7 nitrogen and oxygen atoms in total. The number of nitrogens with one attached hydrogen (secondary N) is 1. The number of hydrogen-bond acceptors (Lipinski definition) is 5. The maximum absolute atomic E-state index is 12.8. The van der Waals surface area contributed by atoms with Crippen LogP contribution in [0, 0.1) is 5.92 Å². The molecule has 1 aromatic carbocycles. The number of carbonyl (C=O) groups excluding carboxylic acids is 1. The molecular weight excluding hydrogens is 402 g/mol. The van der Waals surface area contributed by atoms with Crippen molar-refractivity contribution in [2.45, 2.75) is 56.3 Å². The number of nitrogens with two attached hydrogens (primary N) is 1. The Bertz CT molecular complexity index is 757. The lowest BCUT2D eigenvalue weighted by atomic mass is 10.0. The fourth-order valence-electron chi connectivity index (χ4n) is 3.67. The average Bonchev–Trinajstić information content (AvgIpc) is 3.16. The van der Waals surface area contributed by atoms with Crippen LogP contribution in [0.4, 0.5) is 0 Å². The Morgan fingerprint density at radius 3 is 2.57 bits per heavy atom. The Balaban J connectivity index is 0.00000280. The summed E-state index contributed by atoms with van der Waals surface area (Å²) >= 11 is 0. The third kappa shape index (κ3) is 5.45. The molecule has 2 heterocycles. The number of hydrogen-bond donors (Lipinski definition) is 2. The van der Waals surface area contributed by atoms with E-state index in [0.29, 0.717) is 43.4 Å². The molecule has 2 saturated heterocycles. The molecule has 158 valence electrons. The standard InChI is InChI=1S/C19H29N3O4S.ClH/c1-14-3-2-10-22(13-14)27(24,25)17-7-4-15(5-8-17)12-21-19(23)18-9-6-16(11-20)26-18;/h4-5,7-8,14,16,18H,2-3,6,9-13,20H2,1H3,(H,21,23);1H/t14?,16-,18+;/m1./s1. The van der Waals surface area contributed by atoms with Crippen LogP contribution in [0.1, 0.15) is 38.2 Å². The molecule has 2 aliphatic heterocycles. The molecule has 3 N–H and O–H groups in total. The minimum atomic E-state index is -3.45. The summed E-state index contributed by atoms with van der Waals surface area (Å²) in [5.74, 6) is 0.240. The van der Waals surface area contributed by atoms with Gasteiger partial charge in [0.05, 0.1) is 11.0 Å². The van der Waals surface area contributed by atoms with Crippen LogP contribution in [0.2, 0.25) is 0 Å². The zero-order valence-corrected chi connectivity index (χ0v) is 17.8. The summed E-state index contributed by atoms with van der Waals surface area (Å²) in [5.41, 5.74) is 6.41. The molecule has 0 saturated carbocycles. The van der Waals surface area contributed by atoms with Gasteiger partial charge in [0.2, 0.25) is 15.9 Å². The van der Waals surface area contributed by atoms with E-state index in [1.807, 2.05) is 0 Å². The number of carbonyl (C=O) groups is 1. The molecule has 9 heteroatoms. The average molecular weight is 432 g/mol. The molecule has 0 spiro atoms. The van der Waals surface area contributed by atoms with Crippen molar-refractivity contribution in [2.75, 3.05) is 19.6 Å². The van der Waals surface area contributed by atoms with E-state index >= 15 is 0 Å². The summed E-state index contributed by atoms with van der Waals surface area (Å²) in [4.78, 5) is 12.5. The Kier molecular flexibility index (Phi) is 8.27. The molecule has 1 unspecified atom stereocenters. The molecule has 0 aliphatic carbocycles. The molecule has 1 aromatic rings. The number of nitrogens with zero attached hydrogens (tertiary/aromatic N) is 1. The Hall–Kier alpha value is -1.19. The van der Waals surface area contributed by atoms with Gasteiger partial charge in [-0.15, -0.1) is 12.4 Å². The molecule has 2 aliphatic rings. The second-order valence-electron chi connectivity index (χ2n) is 7.53. The zero-order valence-electron chi connectivity index (χ0n) is 16.2. The Morgan fingerprint density at radius 1 is 1.25 bits per heavy atom. The SMILES string of the molecule is CC1CCCN(S(=O)(=O)c2ccc(CNC(=O)[C@@H]3CC[C@H](CN)O3)cc2)C1.Cl. The quantitative estimate of drug-likeness (QED) is 0.713. The van der Waals surface area contributed by atoms with Gasteiger partial charge in [-0.1, -0.05) is 19.1 Å². The minimum absolute atomic E-state index is 0. The first-order valence-electron chi connectivity index (χ1n) is 9.62. The lowest BCUT2D eigenvalue weighted by molar-refractivity contribution is -0.132. The van der Waals surface area contributed by atoms with E-state index in [1.165, 1.54) is 0 Å². The summed E-state index contributed by atoms with van der Waals surface area (Å²) in [5, 5.41) is 2.85. The van der Waals surface area contributed by atoms with E-state index in [-0.39, 0.29) is 24.4 Å². The second kappa shape index (κ2) is 10.0. The van der Waals surface area contributed by atoms with Crippen LogP contribution in [0.5, 0.6) is 0 Å². The largest absolute Gasteiger partial charge is 0.364 e. The van der Waals surface area contributed by atoms with Crippen LogP contribution >= 0.6 is 12.4 Å². The van der Waals surface area contributed by atoms with E-state index in [1.54, 1.807) is 28.6 Å². The first-order valence-corrected chi connectivity index (χ1v) is 11.1. The highest BCUT2D eigenvalue weighted by Gasteiger charge is 2.30. The molecule has 0 radical (unpaired) electrons. The second-order valence-corrected chi connectivity index (χ2v) is 9.47. The van der Waals surface area contributed by atoms with Gasteiger partial charge in [0.25, 0.3) is 0 Å². The van der Waals surface area contributed by atoms with Gasteiger partial charge in [0, 0.05) is 26.2 Å². The van der Waals surface area contributed by atoms with Crippen molar-refractivity contribution >= 4 is 28.3 Å². The van der Waals surface area contributed by atoms with Crippen molar-refractivity contribution in [1.82, 2.24) is 9.62 Å². The van der Waals surface area contributed by atoms with E-state index < -0.39 is 16.1 Å². The van der Waals surface area contributed by atoms with Gasteiger partial charge < -0.3 is 15.8 Å². The number of benzene rings is 1. The van der Waals surface area contributed by atoms with Gasteiger partial charge >= 0.3 is 0 Å². The first-order chi connectivity index (χ1) is 12.9. The van der Waals surface area contributed by atoms with Crippen LogP contribution in [0.3, 0.4) is 0 Å². The van der Waals surface area contributed by atoms with Crippen molar-refractivity contribution in [3.8, 4) is 0 Å². The van der Waals surface area contributed by atoms with Gasteiger partial charge in [-0.05, 0) is 49.3 Å². The topological polar surface area (TPSA) is 102 Å². The summed E-state index contributed by atoms with van der Waals surface area (Å²) in [7, 11) is -3.45. The molecule has 3 atom stereocenters. The highest BCUT2D eigenvalue weighted by molar-refractivity contribution is 7.89. The number of sulfonamides is 1. The highest BCUT2D eigenvalue weighted by atomic mass is 35.5. The fourth-order valence-corrected chi connectivity index (χ4v) is 5.27.